The number of benzene rings is 1. The fourth-order valence-electron chi connectivity index (χ4n) is 2.38. The van der Waals surface area contributed by atoms with Crippen LogP contribution >= 0.6 is 22.6 Å². The molecule has 0 amide bonds. The van der Waals surface area contributed by atoms with Gasteiger partial charge in [-0.15, -0.1) is 0 Å². The van der Waals surface area contributed by atoms with E-state index in [1.807, 2.05) is 4.57 Å². The maximum Gasteiger partial charge on any atom is 0.341 e. The Morgan fingerprint density at radius 2 is 2.15 bits per heavy atom. The van der Waals surface area contributed by atoms with Crippen molar-refractivity contribution in [1.29, 1.82) is 0 Å². The normalized spacial score (nSPS) is 14.5. The molecule has 0 saturated heterocycles. The lowest BCUT2D eigenvalue weighted by Crippen LogP contribution is -2.19. The maximum absolute atomic E-state index is 12.3. The van der Waals surface area contributed by atoms with Crippen LogP contribution in [-0.4, -0.2) is 22.8 Å². The zero-order valence-corrected chi connectivity index (χ0v) is 12.9. The van der Waals surface area contributed by atoms with Crippen LogP contribution in [0.4, 0.5) is 0 Å². The van der Waals surface area contributed by atoms with E-state index in [0.717, 1.165) is 16.4 Å². The van der Waals surface area contributed by atoms with Gasteiger partial charge in [-0.1, -0.05) is 0 Å². The van der Waals surface area contributed by atoms with Gasteiger partial charge in [-0.05, 0) is 47.6 Å². The Morgan fingerprint density at radius 3 is 2.70 bits per heavy atom. The van der Waals surface area contributed by atoms with Gasteiger partial charge >= 0.3 is 5.97 Å². The number of hydrogen-bond acceptors (Lipinski definition) is 3. The molecule has 1 heterocycles. The van der Waals surface area contributed by atoms with Crippen LogP contribution in [-0.2, 0) is 0 Å². The number of aromatic nitrogens is 1. The number of hydrogen-bond donors (Lipinski definition) is 1. The summed E-state index contributed by atoms with van der Waals surface area (Å²) in [7, 11) is 1.56. The van der Waals surface area contributed by atoms with Crippen LogP contribution in [0.1, 0.15) is 29.2 Å². The molecule has 1 N–H and O–H groups in total. The van der Waals surface area contributed by atoms with Gasteiger partial charge in [-0.2, -0.15) is 0 Å². The number of pyridine rings is 1. The van der Waals surface area contributed by atoms with Crippen molar-refractivity contribution in [3.05, 3.63) is 37.7 Å². The first-order valence-corrected chi connectivity index (χ1v) is 7.27. The summed E-state index contributed by atoms with van der Waals surface area (Å²) in [5.41, 5.74) is 0.0451. The number of aromatic carboxylic acids is 1. The average Bonchev–Trinajstić information content (AvgIpc) is 3.23. The van der Waals surface area contributed by atoms with E-state index in [1.54, 1.807) is 19.2 Å². The predicted molar refractivity (Wildman–Crippen MR) is 82.7 cm³/mol. The molecule has 6 heteroatoms. The lowest BCUT2D eigenvalue weighted by atomic mass is 10.1. The molecule has 0 spiro atoms. The third-order valence-corrected chi connectivity index (χ3v) is 4.32. The minimum atomic E-state index is -1.19. The minimum absolute atomic E-state index is 0.187. The second-order valence-corrected chi connectivity index (χ2v) is 5.95. The number of carboxylic acids is 1. The number of carboxylic acid groups (broad SMARTS) is 1. The number of methoxy groups -OCH3 is 1. The molecule has 1 aliphatic rings. The Morgan fingerprint density at radius 1 is 1.45 bits per heavy atom. The quantitative estimate of drug-likeness (QED) is 0.826. The van der Waals surface area contributed by atoms with E-state index < -0.39 is 11.4 Å². The third-order valence-electron chi connectivity index (χ3n) is 3.47. The molecule has 0 atom stereocenters. The second kappa shape index (κ2) is 4.76. The van der Waals surface area contributed by atoms with Crippen molar-refractivity contribution in [3.63, 3.8) is 0 Å². The highest BCUT2D eigenvalue weighted by Crippen LogP contribution is 2.40. The smallest absolute Gasteiger partial charge is 0.341 e. The lowest BCUT2D eigenvalue weighted by molar-refractivity contribution is 0.0695. The van der Waals surface area contributed by atoms with Crippen molar-refractivity contribution < 1.29 is 14.6 Å². The van der Waals surface area contributed by atoms with Crippen molar-refractivity contribution in [1.82, 2.24) is 4.57 Å². The summed E-state index contributed by atoms with van der Waals surface area (Å²) in [6.07, 6.45) is 3.43. The summed E-state index contributed by atoms with van der Waals surface area (Å²) in [4.78, 5) is 23.5. The van der Waals surface area contributed by atoms with E-state index in [1.165, 1.54) is 6.20 Å². The molecule has 1 aromatic carbocycles. The van der Waals surface area contributed by atoms with Gasteiger partial charge in [0.2, 0.25) is 5.43 Å². The molecule has 5 nitrogen and oxygen atoms in total. The van der Waals surface area contributed by atoms with Crippen LogP contribution in [0.25, 0.3) is 10.9 Å². The lowest BCUT2D eigenvalue weighted by Gasteiger charge is -2.15. The van der Waals surface area contributed by atoms with Gasteiger partial charge in [0.1, 0.15) is 5.56 Å². The van der Waals surface area contributed by atoms with E-state index in [4.69, 9.17) is 4.74 Å². The van der Waals surface area contributed by atoms with Crippen molar-refractivity contribution in [2.75, 3.05) is 7.11 Å². The van der Waals surface area contributed by atoms with E-state index in [-0.39, 0.29) is 11.6 Å². The minimum Gasteiger partial charge on any atom is -0.493 e. The standard InChI is InChI=1S/C14H12INO4/c1-20-13-10(15)5-4-8-11(13)16(7-2-3-7)6-9(12(8)17)14(18)19/h4-7H,2-3H2,1H3,(H,18,19). The molecule has 0 unspecified atom stereocenters. The van der Waals surface area contributed by atoms with Crippen LogP contribution in [0.5, 0.6) is 5.75 Å². The molecule has 20 heavy (non-hydrogen) atoms. The van der Waals surface area contributed by atoms with Gasteiger partial charge in [0, 0.05) is 12.2 Å². The Balaban J connectivity index is 2.48. The van der Waals surface area contributed by atoms with Crippen molar-refractivity contribution >= 4 is 39.5 Å². The highest BCUT2D eigenvalue weighted by Gasteiger charge is 2.28. The highest BCUT2D eigenvalue weighted by molar-refractivity contribution is 14.1. The largest absolute Gasteiger partial charge is 0.493 e. The predicted octanol–water partition coefficient (Wildman–Crippen LogP) is 2.65. The molecule has 2 aromatic rings. The Bertz CT molecular complexity index is 777. The number of rotatable bonds is 3. The summed E-state index contributed by atoms with van der Waals surface area (Å²) in [6.45, 7) is 0. The number of fused-ring (bicyclic) bond motifs is 1. The topological polar surface area (TPSA) is 68.5 Å². The summed E-state index contributed by atoms with van der Waals surface area (Å²) in [5.74, 6) is -0.562. The first-order valence-electron chi connectivity index (χ1n) is 6.19. The summed E-state index contributed by atoms with van der Waals surface area (Å²) in [6, 6.07) is 3.70. The van der Waals surface area contributed by atoms with E-state index in [0.29, 0.717) is 16.7 Å². The van der Waals surface area contributed by atoms with Crippen LogP contribution < -0.4 is 10.2 Å². The number of nitrogens with zero attached hydrogens (tertiary/aromatic N) is 1. The van der Waals surface area contributed by atoms with Gasteiger partial charge in [-0.3, -0.25) is 4.79 Å². The zero-order chi connectivity index (χ0) is 14.4. The van der Waals surface area contributed by atoms with Crippen LogP contribution in [0.2, 0.25) is 0 Å². The number of ether oxygens (including phenoxy) is 1. The molecule has 1 saturated carbocycles. The third kappa shape index (κ3) is 1.98. The molecular weight excluding hydrogens is 373 g/mol. The molecule has 0 bridgehead atoms. The van der Waals surface area contributed by atoms with E-state index in [2.05, 4.69) is 22.6 Å². The monoisotopic (exact) mass is 385 g/mol. The van der Waals surface area contributed by atoms with Gasteiger partial charge in [0.25, 0.3) is 0 Å². The molecule has 0 radical (unpaired) electrons. The number of carbonyl (C=O) groups is 1. The van der Waals surface area contributed by atoms with Gasteiger partial charge in [-0.25, -0.2) is 4.79 Å². The van der Waals surface area contributed by atoms with E-state index >= 15 is 0 Å². The summed E-state index contributed by atoms with van der Waals surface area (Å²) in [5, 5.41) is 9.58. The Kier molecular flexibility index (Phi) is 3.19. The summed E-state index contributed by atoms with van der Waals surface area (Å²) >= 11 is 2.15. The maximum atomic E-state index is 12.3. The molecule has 1 fully saturated rings. The van der Waals surface area contributed by atoms with Gasteiger partial charge in [0.15, 0.2) is 5.75 Å². The van der Waals surface area contributed by atoms with Crippen LogP contribution in [0, 0.1) is 3.57 Å². The Labute approximate surface area is 128 Å². The zero-order valence-electron chi connectivity index (χ0n) is 10.7. The van der Waals surface area contributed by atoms with Gasteiger partial charge in [0.05, 0.1) is 21.6 Å². The fourth-order valence-corrected chi connectivity index (χ4v) is 3.04. The van der Waals surface area contributed by atoms with Crippen LogP contribution in [0.15, 0.2) is 23.1 Å². The van der Waals surface area contributed by atoms with Crippen molar-refractivity contribution in [3.8, 4) is 5.75 Å². The molecule has 3 rings (SSSR count). The molecule has 104 valence electrons. The molecule has 1 aromatic heterocycles. The SMILES string of the molecule is COc1c(I)ccc2c(=O)c(C(=O)O)cn(C3CC3)c12. The van der Waals surface area contributed by atoms with Crippen molar-refractivity contribution in [2.45, 2.75) is 18.9 Å². The molecular formula is C14H12INO4. The summed E-state index contributed by atoms with van der Waals surface area (Å²) < 4.78 is 8.19. The fraction of sp³-hybridized carbons (Fsp3) is 0.286. The van der Waals surface area contributed by atoms with Gasteiger partial charge < -0.3 is 14.4 Å². The highest BCUT2D eigenvalue weighted by atomic mass is 127. The molecule has 0 aliphatic heterocycles. The number of halogens is 1. The van der Waals surface area contributed by atoms with Crippen molar-refractivity contribution in [2.24, 2.45) is 0 Å². The van der Waals surface area contributed by atoms with E-state index in [9.17, 15) is 14.7 Å². The molecule has 1 aliphatic carbocycles. The Hall–Kier alpha value is -1.57. The second-order valence-electron chi connectivity index (χ2n) is 4.79. The first kappa shape index (κ1) is 13.4. The average molecular weight is 385 g/mol. The first-order chi connectivity index (χ1) is 9.54. The van der Waals surface area contributed by atoms with Crippen LogP contribution in [0.3, 0.4) is 0 Å².